The van der Waals surface area contributed by atoms with E-state index in [0.29, 0.717) is 12.3 Å². The van der Waals surface area contributed by atoms with E-state index in [1.165, 1.54) is 0 Å². The van der Waals surface area contributed by atoms with Gasteiger partial charge in [0.05, 0.1) is 6.61 Å². The number of aromatic nitrogens is 2. The number of ether oxygens (including phenoxy) is 1. The SMILES string of the molecule is CCCCOc1nc(S(C)(=O)=O)nc(Nc2ccc(I)cc2)c1C#N. The molecule has 0 saturated heterocycles. The van der Waals surface area contributed by atoms with E-state index in [1.807, 2.05) is 37.3 Å². The molecule has 2 aromatic rings. The van der Waals surface area contributed by atoms with Crippen molar-refractivity contribution in [1.29, 1.82) is 5.26 Å². The van der Waals surface area contributed by atoms with Crippen molar-refractivity contribution < 1.29 is 13.2 Å². The van der Waals surface area contributed by atoms with Crippen molar-refractivity contribution in [1.82, 2.24) is 9.97 Å². The Morgan fingerprint density at radius 2 is 1.96 bits per heavy atom. The molecule has 0 fully saturated rings. The smallest absolute Gasteiger partial charge is 0.252 e. The summed E-state index contributed by atoms with van der Waals surface area (Å²) in [6.45, 7) is 2.34. The van der Waals surface area contributed by atoms with Crippen LogP contribution in [0.15, 0.2) is 29.4 Å². The van der Waals surface area contributed by atoms with Gasteiger partial charge in [-0.15, -0.1) is 0 Å². The van der Waals surface area contributed by atoms with Gasteiger partial charge in [0.15, 0.2) is 11.4 Å². The zero-order chi connectivity index (χ0) is 18.4. The molecular formula is C16H17IN4O3S. The van der Waals surface area contributed by atoms with Crippen LogP contribution in [0.25, 0.3) is 0 Å². The largest absolute Gasteiger partial charge is 0.477 e. The van der Waals surface area contributed by atoms with E-state index in [4.69, 9.17) is 4.74 Å². The lowest BCUT2D eigenvalue weighted by molar-refractivity contribution is 0.293. The van der Waals surface area contributed by atoms with Crippen LogP contribution >= 0.6 is 22.6 Å². The molecule has 1 N–H and O–H groups in total. The first-order chi connectivity index (χ1) is 11.8. The minimum absolute atomic E-state index is 0.0283. The van der Waals surface area contributed by atoms with Gasteiger partial charge in [0.1, 0.15) is 6.07 Å². The number of hydrogen-bond donors (Lipinski definition) is 1. The standard InChI is InChI=1S/C16H17IN4O3S/c1-3-4-9-24-15-13(10-18)14(20-16(21-15)25(2,22)23)19-12-7-5-11(17)6-8-12/h5-8H,3-4,9H2,1-2H3,(H,19,20,21). The average Bonchev–Trinajstić information content (AvgIpc) is 2.56. The summed E-state index contributed by atoms with van der Waals surface area (Å²) in [6.07, 6.45) is 2.68. The van der Waals surface area contributed by atoms with E-state index in [-0.39, 0.29) is 22.4 Å². The number of nitrogens with one attached hydrogen (secondary N) is 1. The molecule has 132 valence electrons. The highest BCUT2D eigenvalue weighted by Gasteiger charge is 2.21. The van der Waals surface area contributed by atoms with E-state index < -0.39 is 9.84 Å². The van der Waals surface area contributed by atoms with Crippen molar-refractivity contribution in [2.75, 3.05) is 18.2 Å². The molecule has 2 rings (SSSR count). The normalized spacial score (nSPS) is 11.0. The highest BCUT2D eigenvalue weighted by atomic mass is 127. The predicted octanol–water partition coefficient (Wildman–Crippen LogP) is 3.28. The van der Waals surface area contributed by atoms with Crippen molar-refractivity contribution in [2.24, 2.45) is 0 Å². The summed E-state index contributed by atoms with van der Waals surface area (Å²) in [4.78, 5) is 7.92. The Morgan fingerprint density at radius 3 is 2.52 bits per heavy atom. The topological polar surface area (TPSA) is 105 Å². The molecule has 0 spiro atoms. The second-order valence-corrected chi connectivity index (χ2v) is 8.41. The highest BCUT2D eigenvalue weighted by molar-refractivity contribution is 14.1. The van der Waals surface area contributed by atoms with E-state index >= 15 is 0 Å². The van der Waals surface area contributed by atoms with Crippen molar-refractivity contribution >= 4 is 43.9 Å². The van der Waals surface area contributed by atoms with Gasteiger partial charge in [-0.3, -0.25) is 0 Å². The number of nitriles is 1. The molecule has 0 aliphatic carbocycles. The maximum absolute atomic E-state index is 11.9. The van der Waals surface area contributed by atoms with Crippen molar-refractivity contribution in [3.8, 4) is 11.9 Å². The van der Waals surface area contributed by atoms with Gasteiger partial charge < -0.3 is 10.1 Å². The molecule has 0 bridgehead atoms. The van der Waals surface area contributed by atoms with E-state index in [2.05, 4.69) is 37.9 Å². The minimum Gasteiger partial charge on any atom is -0.477 e. The Hall–Kier alpha value is -1.93. The van der Waals surface area contributed by atoms with E-state index in [0.717, 1.165) is 22.7 Å². The van der Waals surface area contributed by atoms with Crippen LogP contribution in [0.3, 0.4) is 0 Å². The lowest BCUT2D eigenvalue weighted by Gasteiger charge is -2.12. The molecule has 25 heavy (non-hydrogen) atoms. The molecule has 9 heteroatoms. The molecule has 7 nitrogen and oxygen atoms in total. The van der Waals surface area contributed by atoms with Gasteiger partial charge in [-0.25, -0.2) is 8.42 Å². The number of benzene rings is 1. The number of anilines is 2. The van der Waals surface area contributed by atoms with Gasteiger partial charge in [0.25, 0.3) is 5.16 Å². The predicted molar refractivity (Wildman–Crippen MR) is 103 cm³/mol. The number of unbranched alkanes of at least 4 members (excludes halogenated alkanes) is 1. The third kappa shape index (κ3) is 5.27. The maximum Gasteiger partial charge on any atom is 0.252 e. The Balaban J connectivity index is 2.49. The summed E-state index contributed by atoms with van der Waals surface area (Å²) in [5.74, 6) is 0.0741. The monoisotopic (exact) mass is 472 g/mol. The lowest BCUT2D eigenvalue weighted by atomic mass is 10.3. The van der Waals surface area contributed by atoms with Crippen LogP contribution in [-0.4, -0.2) is 31.2 Å². The Labute approximate surface area is 160 Å². The van der Waals surface area contributed by atoms with Crippen LogP contribution in [0, 0.1) is 14.9 Å². The Bertz CT molecular complexity index is 893. The van der Waals surface area contributed by atoms with Gasteiger partial charge in [-0.1, -0.05) is 13.3 Å². The fourth-order valence-electron chi connectivity index (χ4n) is 1.87. The van der Waals surface area contributed by atoms with Crippen molar-refractivity contribution in [3.05, 3.63) is 33.4 Å². The summed E-state index contributed by atoms with van der Waals surface area (Å²) in [6, 6.07) is 9.37. The third-order valence-corrected chi connectivity index (χ3v) is 4.71. The second-order valence-electron chi connectivity index (χ2n) is 5.25. The molecule has 1 heterocycles. The summed E-state index contributed by atoms with van der Waals surface area (Å²) >= 11 is 2.18. The Kier molecular flexibility index (Phi) is 6.55. The van der Waals surface area contributed by atoms with Crippen LogP contribution in [0.4, 0.5) is 11.5 Å². The Morgan fingerprint density at radius 1 is 1.28 bits per heavy atom. The number of sulfone groups is 1. The van der Waals surface area contributed by atoms with Crippen molar-refractivity contribution in [2.45, 2.75) is 24.9 Å². The van der Waals surface area contributed by atoms with Crippen molar-refractivity contribution in [3.63, 3.8) is 0 Å². The summed E-state index contributed by atoms with van der Waals surface area (Å²) in [5, 5.41) is 12.1. The fraction of sp³-hybridized carbons (Fsp3) is 0.312. The van der Waals surface area contributed by atoms with Crippen LogP contribution < -0.4 is 10.1 Å². The minimum atomic E-state index is -3.66. The molecule has 0 atom stereocenters. The maximum atomic E-state index is 11.9. The molecule has 0 radical (unpaired) electrons. The molecular weight excluding hydrogens is 455 g/mol. The quantitative estimate of drug-likeness (QED) is 0.375. The molecule has 1 aromatic heterocycles. The number of halogens is 1. The zero-order valence-corrected chi connectivity index (χ0v) is 16.8. The summed E-state index contributed by atoms with van der Waals surface area (Å²) < 4.78 is 30.3. The second kappa shape index (κ2) is 8.44. The molecule has 0 aliphatic rings. The number of nitrogens with zero attached hydrogens (tertiary/aromatic N) is 3. The first kappa shape index (κ1) is 19.4. The van der Waals surface area contributed by atoms with Gasteiger partial charge in [0.2, 0.25) is 15.7 Å². The number of rotatable bonds is 7. The zero-order valence-electron chi connectivity index (χ0n) is 13.8. The van der Waals surface area contributed by atoms with Crippen LogP contribution in [0.2, 0.25) is 0 Å². The average molecular weight is 472 g/mol. The van der Waals surface area contributed by atoms with Crippen LogP contribution in [0.5, 0.6) is 5.88 Å². The van der Waals surface area contributed by atoms with Gasteiger partial charge in [-0.05, 0) is 53.3 Å². The van der Waals surface area contributed by atoms with Crippen LogP contribution in [-0.2, 0) is 9.84 Å². The first-order valence-electron chi connectivity index (χ1n) is 7.52. The molecule has 0 unspecified atom stereocenters. The third-order valence-electron chi connectivity index (χ3n) is 3.14. The highest BCUT2D eigenvalue weighted by Crippen LogP contribution is 2.27. The van der Waals surface area contributed by atoms with Gasteiger partial charge in [-0.2, -0.15) is 15.2 Å². The summed E-state index contributed by atoms with van der Waals surface area (Å²) in [5.41, 5.74) is 0.747. The van der Waals surface area contributed by atoms with E-state index in [9.17, 15) is 13.7 Å². The van der Waals surface area contributed by atoms with Gasteiger partial charge in [0, 0.05) is 15.5 Å². The lowest BCUT2D eigenvalue weighted by Crippen LogP contribution is -2.11. The molecule has 0 amide bonds. The number of hydrogen-bond acceptors (Lipinski definition) is 7. The van der Waals surface area contributed by atoms with Crippen LogP contribution in [0.1, 0.15) is 25.3 Å². The fourth-order valence-corrected chi connectivity index (χ4v) is 2.73. The van der Waals surface area contributed by atoms with E-state index in [1.54, 1.807) is 0 Å². The molecule has 1 aromatic carbocycles. The summed E-state index contributed by atoms with van der Waals surface area (Å²) in [7, 11) is -3.66. The molecule has 0 aliphatic heterocycles. The molecule has 0 saturated carbocycles. The first-order valence-corrected chi connectivity index (χ1v) is 10.5. The van der Waals surface area contributed by atoms with Gasteiger partial charge >= 0.3 is 0 Å².